The maximum absolute atomic E-state index is 13.7. The van der Waals surface area contributed by atoms with Crippen LogP contribution in [-0.2, 0) is 0 Å². The minimum atomic E-state index is -0.619. The van der Waals surface area contributed by atoms with Crippen molar-refractivity contribution in [2.24, 2.45) is 0 Å². The van der Waals surface area contributed by atoms with Crippen LogP contribution in [0.5, 0.6) is 0 Å². The Morgan fingerprint density at radius 2 is 2.12 bits per heavy atom. The van der Waals surface area contributed by atoms with Crippen LogP contribution in [0.2, 0.25) is 0 Å². The molecule has 0 radical (unpaired) electrons. The molecule has 0 saturated carbocycles. The first-order chi connectivity index (χ1) is 7.72. The van der Waals surface area contributed by atoms with Crippen molar-refractivity contribution in [3.63, 3.8) is 0 Å². The average molecular weight is 214 g/mol. The normalized spacial score (nSPS) is 9.75. The molecule has 3 nitrogen and oxygen atoms in total. The fourth-order valence-electron chi connectivity index (χ4n) is 1.43. The van der Waals surface area contributed by atoms with Crippen molar-refractivity contribution in [2.45, 2.75) is 0 Å². The Morgan fingerprint density at radius 1 is 1.31 bits per heavy atom. The Bertz CT molecular complexity index is 625. The minimum Gasteiger partial charge on any atom is -0.361 e. The molecular weight excluding hydrogens is 207 g/mol. The van der Waals surface area contributed by atoms with Crippen LogP contribution in [0.4, 0.5) is 4.39 Å². The second-order valence-corrected chi connectivity index (χ2v) is 3.22. The summed E-state index contributed by atoms with van der Waals surface area (Å²) >= 11 is 0. The molecule has 16 heavy (non-hydrogen) atoms. The maximum Gasteiger partial charge on any atom is 0.182 e. The summed E-state index contributed by atoms with van der Waals surface area (Å²) in [6.45, 7) is 0. The molecule has 1 N–H and O–H groups in total. The van der Waals surface area contributed by atoms with E-state index in [1.165, 1.54) is 30.5 Å². The molecule has 0 bridgehead atoms. The van der Waals surface area contributed by atoms with Crippen molar-refractivity contribution in [3.8, 4) is 17.3 Å². The topological polar surface area (TPSA) is 56.6 Å². The van der Waals surface area contributed by atoms with Crippen molar-refractivity contribution in [1.82, 2.24) is 4.98 Å². The van der Waals surface area contributed by atoms with Gasteiger partial charge in [0.1, 0.15) is 11.9 Å². The number of nitrogens with one attached hydrogen (secondary N) is 1. The summed E-state index contributed by atoms with van der Waals surface area (Å²) in [6.07, 6.45) is 1.44. The minimum absolute atomic E-state index is 0.0396. The lowest BCUT2D eigenvalue weighted by Crippen LogP contribution is -1.99. The van der Waals surface area contributed by atoms with E-state index in [0.29, 0.717) is 5.69 Å². The molecule has 2 aromatic rings. The lowest BCUT2D eigenvalue weighted by molar-refractivity contribution is 0.627. The first-order valence-electron chi connectivity index (χ1n) is 4.60. The summed E-state index contributed by atoms with van der Waals surface area (Å²) in [5.41, 5.74) is 0.330. The molecule has 0 saturated heterocycles. The lowest BCUT2D eigenvalue weighted by Gasteiger charge is -2.03. The van der Waals surface area contributed by atoms with Crippen LogP contribution in [-0.4, -0.2) is 4.98 Å². The monoisotopic (exact) mass is 214 g/mol. The van der Waals surface area contributed by atoms with Crippen molar-refractivity contribution in [1.29, 1.82) is 5.26 Å². The van der Waals surface area contributed by atoms with E-state index in [0.717, 1.165) is 0 Å². The van der Waals surface area contributed by atoms with Crippen LogP contribution >= 0.6 is 0 Å². The second-order valence-electron chi connectivity index (χ2n) is 3.22. The predicted molar refractivity (Wildman–Crippen MR) is 57.2 cm³/mol. The summed E-state index contributed by atoms with van der Waals surface area (Å²) in [7, 11) is 0. The van der Waals surface area contributed by atoms with E-state index in [1.807, 2.05) is 0 Å². The highest BCUT2D eigenvalue weighted by molar-refractivity contribution is 5.62. The molecule has 1 heterocycles. The van der Waals surface area contributed by atoms with Gasteiger partial charge in [-0.1, -0.05) is 6.07 Å². The number of hydrogen-bond donors (Lipinski definition) is 1. The molecule has 0 fully saturated rings. The number of H-pyrrole nitrogens is 1. The number of halogens is 1. The van der Waals surface area contributed by atoms with Crippen LogP contribution < -0.4 is 5.43 Å². The van der Waals surface area contributed by atoms with Gasteiger partial charge in [-0.25, -0.2) is 4.39 Å². The Balaban J connectivity index is 2.66. The molecule has 1 aromatic carbocycles. The van der Waals surface area contributed by atoms with E-state index in [4.69, 9.17) is 5.26 Å². The highest BCUT2D eigenvalue weighted by Gasteiger charge is 2.09. The van der Waals surface area contributed by atoms with Gasteiger partial charge in [-0.2, -0.15) is 5.26 Å². The third-order valence-corrected chi connectivity index (χ3v) is 2.18. The first kappa shape index (κ1) is 10.1. The number of pyridine rings is 1. The number of aromatic amines is 1. The van der Waals surface area contributed by atoms with E-state index < -0.39 is 5.82 Å². The van der Waals surface area contributed by atoms with Gasteiger partial charge >= 0.3 is 0 Å². The SMILES string of the molecule is N#Cc1cccc(-c2cc(=O)cc[nH]2)c1F. The Morgan fingerprint density at radius 3 is 2.81 bits per heavy atom. The van der Waals surface area contributed by atoms with Gasteiger partial charge in [-0.3, -0.25) is 4.79 Å². The molecule has 1 aromatic heterocycles. The smallest absolute Gasteiger partial charge is 0.182 e. The highest BCUT2D eigenvalue weighted by Crippen LogP contribution is 2.21. The molecule has 78 valence electrons. The molecular formula is C12H7FN2O. The van der Waals surface area contributed by atoms with E-state index in [9.17, 15) is 9.18 Å². The van der Waals surface area contributed by atoms with Gasteiger partial charge in [0.2, 0.25) is 0 Å². The molecule has 2 rings (SSSR count). The summed E-state index contributed by atoms with van der Waals surface area (Å²) in [5.74, 6) is -0.619. The fourth-order valence-corrected chi connectivity index (χ4v) is 1.43. The van der Waals surface area contributed by atoms with Gasteiger partial charge in [0.25, 0.3) is 0 Å². The fraction of sp³-hybridized carbons (Fsp3) is 0. The third-order valence-electron chi connectivity index (χ3n) is 2.18. The van der Waals surface area contributed by atoms with Crippen LogP contribution in [0, 0.1) is 17.1 Å². The maximum atomic E-state index is 13.7. The molecule has 0 spiro atoms. The highest BCUT2D eigenvalue weighted by atomic mass is 19.1. The molecule has 0 atom stereocenters. The molecule has 4 heteroatoms. The van der Waals surface area contributed by atoms with Crippen molar-refractivity contribution >= 4 is 0 Å². The van der Waals surface area contributed by atoms with Gasteiger partial charge in [-0.05, 0) is 12.1 Å². The zero-order chi connectivity index (χ0) is 11.5. The average Bonchev–Trinajstić information content (AvgIpc) is 2.29. The van der Waals surface area contributed by atoms with E-state index >= 15 is 0 Å². The Labute approximate surface area is 90.8 Å². The van der Waals surface area contributed by atoms with Crippen LogP contribution in [0.1, 0.15) is 5.56 Å². The van der Waals surface area contributed by atoms with Crippen LogP contribution in [0.15, 0.2) is 41.3 Å². The number of hydrogen-bond acceptors (Lipinski definition) is 2. The Kier molecular flexibility index (Phi) is 2.52. The summed E-state index contributed by atoms with van der Waals surface area (Å²) < 4.78 is 13.7. The van der Waals surface area contributed by atoms with Crippen molar-refractivity contribution in [3.05, 3.63) is 58.1 Å². The van der Waals surface area contributed by atoms with E-state index in [1.54, 1.807) is 12.1 Å². The summed E-state index contributed by atoms with van der Waals surface area (Å²) in [5, 5.41) is 8.68. The predicted octanol–water partition coefficient (Wildman–Crippen LogP) is 2.05. The number of rotatable bonds is 1. The van der Waals surface area contributed by atoms with Crippen molar-refractivity contribution < 1.29 is 4.39 Å². The van der Waals surface area contributed by atoms with Crippen molar-refractivity contribution in [2.75, 3.05) is 0 Å². The zero-order valence-electron chi connectivity index (χ0n) is 8.20. The van der Waals surface area contributed by atoms with Gasteiger partial charge in [-0.15, -0.1) is 0 Å². The van der Waals surface area contributed by atoms with Crippen LogP contribution in [0.3, 0.4) is 0 Å². The number of benzene rings is 1. The summed E-state index contributed by atoms with van der Waals surface area (Å²) in [6, 6.07) is 8.86. The standard InChI is InChI=1S/C12H7FN2O/c13-12-8(7-14)2-1-3-10(12)11-6-9(16)4-5-15-11/h1-6H,(H,15,16). The quantitative estimate of drug-likeness (QED) is 0.789. The number of aromatic nitrogens is 1. The molecule has 0 aliphatic rings. The van der Waals surface area contributed by atoms with Gasteiger partial charge < -0.3 is 4.98 Å². The summed E-state index contributed by atoms with van der Waals surface area (Å²) in [4.78, 5) is 13.9. The molecule has 0 aliphatic heterocycles. The molecule has 0 aliphatic carbocycles. The lowest BCUT2D eigenvalue weighted by atomic mass is 10.1. The second kappa shape index (κ2) is 3.99. The van der Waals surface area contributed by atoms with Gasteiger partial charge in [0.05, 0.1) is 11.3 Å². The first-order valence-corrected chi connectivity index (χ1v) is 4.60. The van der Waals surface area contributed by atoms with Gasteiger partial charge in [0, 0.05) is 23.9 Å². The molecule has 0 unspecified atom stereocenters. The third kappa shape index (κ3) is 1.71. The number of nitrogens with zero attached hydrogens (tertiary/aromatic N) is 1. The largest absolute Gasteiger partial charge is 0.361 e. The van der Waals surface area contributed by atoms with E-state index in [2.05, 4.69) is 4.98 Å². The number of nitriles is 1. The Hall–Kier alpha value is -2.41. The molecule has 0 amide bonds. The van der Waals surface area contributed by atoms with Crippen LogP contribution in [0.25, 0.3) is 11.3 Å². The van der Waals surface area contributed by atoms with E-state index in [-0.39, 0.29) is 16.6 Å². The zero-order valence-corrected chi connectivity index (χ0v) is 8.20. The van der Waals surface area contributed by atoms with Gasteiger partial charge in [0.15, 0.2) is 5.43 Å².